The van der Waals surface area contributed by atoms with Gasteiger partial charge in [0.1, 0.15) is 11.8 Å². The van der Waals surface area contributed by atoms with Crippen molar-refractivity contribution < 1.29 is 0 Å². The molecule has 4 aromatic heterocycles. The van der Waals surface area contributed by atoms with Gasteiger partial charge in [-0.25, -0.2) is 15.0 Å². The van der Waals surface area contributed by atoms with Crippen LogP contribution in [-0.4, -0.2) is 29.5 Å². The zero-order chi connectivity index (χ0) is 21.5. The maximum atomic E-state index is 13.6. The fourth-order valence-electron chi connectivity index (χ4n) is 3.77. The molecule has 0 amide bonds. The minimum absolute atomic E-state index is 0.199. The van der Waals surface area contributed by atoms with E-state index in [-0.39, 0.29) is 11.6 Å². The smallest absolute Gasteiger partial charge is 0.264 e. The number of nitrogens with one attached hydrogen (secondary N) is 2. The number of pyridine rings is 2. The summed E-state index contributed by atoms with van der Waals surface area (Å²) >= 11 is 6.40. The Morgan fingerprint density at radius 2 is 2.00 bits per heavy atom. The lowest BCUT2D eigenvalue weighted by atomic mass is 10.1. The lowest BCUT2D eigenvalue weighted by Gasteiger charge is -2.22. The van der Waals surface area contributed by atoms with E-state index >= 15 is 0 Å². The van der Waals surface area contributed by atoms with Crippen molar-refractivity contribution in [3.63, 3.8) is 0 Å². The van der Waals surface area contributed by atoms with Gasteiger partial charge >= 0.3 is 0 Å². The van der Waals surface area contributed by atoms with E-state index in [1.54, 1.807) is 23.2 Å². The summed E-state index contributed by atoms with van der Waals surface area (Å²) in [5.74, 6) is 0.576. The van der Waals surface area contributed by atoms with Crippen molar-refractivity contribution in [1.29, 1.82) is 0 Å². The molecule has 0 spiro atoms. The minimum atomic E-state index is -0.287. The maximum Gasteiger partial charge on any atom is 0.264 e. The first-order chi connectivity index (χ1) is 15.0. The number of H-pyrrole nitrogens is 1. The second-order valence-corrected chi connectivity index (χ2v) is 7.62. The quantitative estimate of drug-likeness (QED) is 0.442. The van der Waals surface area contributed by atoms with E-state index in [1.807, 2.05) is 44.2 Å². The van der Waals surface area contributed by atoms with Gasteiger partial charge < -0.3 is 10.3 Å². The SMILES string of the molecule is Cc1ncccc1-n1c([C@H](C)Nc2ncnc3[nH]cnc23)cc2cccc(Cl)c2c1=O. The first-order valence-electron chi connectivity index (χ1n) is 9.71. The number of halogens is 1. The minimum Gasteiger partial charge on any atom is -0.360 e. The van der Waals surface area contributed by atoms with Crippen LogP contribution in [0.1, 0.15) is 24.4 Å². The summed E-state index contributed by atoms with van der Waals surface area (Å²) in [4.78, 5) is 33.8. The van der Waals surface area contributed by atoms with Crippen molar-refractivity contribution in [3.05, 3.63) is 82.0 Å². The van der Waals surface area contributed by atoms with Crippen LogP contribution in [0, 0.1) is 6.92 Å². The predicted octanol–water partition coefficient (Wildman–Crippen LogP) is 4.19. The summed E-state index contributed by atoms with van der Waals surface area (Å²) in [6.07, 6.45) is 4.74. The number of fused-ring (bicyclic) bond motifs is 2. The molecule has 1 aromatic carbocycles. The molecule has 0 aliphatic rings. The fourth-order valence-corrected chi connectivity index (χ4v) is 4.03. The van der Waals surface area contributed by atoms with Crippen molar-refractivity contribution in [2.75, 3.05) is 5.32 Å². The molecule has 5 aromatic rings. The van der Waals surface area contributed by atoms with E-state index in [0.29, 0.717) is 33.1 Å². The first kappa shape index (κ1) is 19.2. The van der Waals surface area contributed by atoms with Gasteiger partial charge in [0.15, 0.2) is 11.5 Å². The average molecular weight is 432 g/mol. The number of aromatic nitrogens is 6. The van der Waals surface area contributed by atoms with Gasteiger partial charge in [0.2, 0.25) is 0 Å². The van der Waals surface area contributed by atoms with Crippen molar-refractivity contribution in [1.82, 2.24) is 29.5 Å². The highest BCUT2D eigenvalue weighted by Crippen LogP contribution is 2.28. The summed E-state index contributed by atoms with van der Waals surface area (Å²) < 4.78 is 1.66. The average Bonchev–Trinajstić information content (AvgIpc) is 3.24. The summed E-state index contributed by atoms with van der Waals surface area (Å²) in [6.45, 7) is 3.84. The van der Waals surface area contributed by atoms with E-state index < -0.39 is 0 Å². The van der Waals surface area contributed by atoms with Gasteiger partial charge in [-0.2, -0.15) is 0 Å². The molecule has 31 heavy (non-hydrogen) atoms. The third kappa shape index (κ3) is 3.21. The van der Waals surface area contributed by atoms with Gasteiger partial charge in [0.05, 0.1) is 34.2 Å². The van der Waals surface area contributed by atoms with Crippen LogP contribution in [0.4, 0.5) is 5.82 Å². The molecule has 154 valence electrons. The van der Waals surface area contributed by atoms with Crippen molar-refractivity contribution in [2.24, 2.45) is 0 Å². The van der Waals surface area contributed by atoms with Crippen LogP contribution >= 0.6 is 11.6 Å². The third-order valence-electron chi connectivity index (χ3n) is 5.26. The fraction of sp³-hybridized carbons (Fsp3) is 0.136. The molecule has 0 saturated heterocycles. The zero-order valence-electron chi connectivity index (χ0n) is 16.8. The summed E-state index contributed by atoms with van der Waals surface area (Å²) in [7, 11) is 0. The number of benzene rings is 1. The molecule has 0 unspecified atom stereocenters. The third-order valence-corrected chi connectivity index (χ3v) is 5.57. The molecule has 0 bridgehead atoms. The van der Waals surface area contributed by atoms with E-state index in [1.165, 1.54) is 6.33 Å². The summed E-state index contributed by atoms with van der Waals surface area (Å²) in [5, 5.41) is 5.03. The van der Waals surface area contributed by atoms with Crippen molar-refractivity contribution in [2.45, 2.75) is 19.9 Å². The molecule has 8 nitrogen and oxygen atoms in total. The standard InChI is InChI=1S/C22H18ClN7O/c1-12-16(7-4-8-24-12)30-17(9-14-5-3-6-15(23)18(14)22(30)31)13(2)29-21-19-20(26-10-25-19)27-11-28-21/h3-11,13H,1-2H3,(H2,25,26,27,28,29)/t13-/m0/s1. The molecule has 5 rings (SSSR count). The number of hydrogen-bond donors (Lipinski definition) is 2. The maximum absolute atomic E-state index is 13.6. The lowest BCUT2D eigenvalue weighted by Crippen LogP contribution is -2.26. The largest absolute Gasteiger partial charge is 0.360 e. The van der Waals surface area contributed by atoms with Gasteiger partial charge in [-0.15, -0.1) is 0 Å². The van der Waals surface area contributed by atoms with E-state index in [9.17, 15) is 4.79 Å². The van der Waals surface area contributed by atoms with Crippen LogP contribution in [0.3, 0.4) is 0 Å². The Labute approximate surface area is 182 Å². The van der Waals surface area contributed by atoms with Crippen LogP contribution in [0.2, 0.25) is 5.02 Å². The van der Waals surface area contributed by atoms with Gasteiger partial charge in [0.25, 0.3) is 5.56 Å². The molecule has 0 saturated carbocycles. The molecular weight excluding hydrogens is 414 g/mol. The van der Waals surface area contributed by atoms with Gasteiger partial charge in [-0.05, 0) is 43.5 Å². The Bertz CT molecular complexity index is 1490. The highest BCUT2D eigenvalue weighted by Gasteiger charge is 2.20. The number of anilines is 1. The van der Waals surface area contributed by atoms with Crippen LogP contribution < -0.4 is 10.9 Å². The number of rotatable bonds is 4. The Kier molecular flexibility index (Phi) is 4.63. The number of aromatic amines is 1. The first-order valence-corrected chi connectivity index (χ1v) is 10.1. The molecule has 0 aliphatic carbocycles. The van der Waals surface area contributed by atoms with Gasteiger partial charge in [0, 0.05) is 11.9 Å². The topological polar surface area (TPSA) is 101 Å². The molecular formula is C22H18ClN7O. The normalized spacial score (nSPS) is 12.4. The van der Waals surface area contributed by atoms with Crippen LogP contribution in [-0.2, 0) is 0 Å². The van der Waals surface area contributed by atoms with Crippen LogP contribution in [0.5, 0.6) is 0 Å². The van der Waals surface area contributed by atoms with Crippen LogP contribution in [0.25, 0.3) is 27.6 Å². The monoisotopic (exact) mass is 431 g/mol. The number of nitrogens with zero attached hydrogens (tertiary/aromatic N) is 5. The van der Waals surface area contributed by atoms with E-state index in [0.717, 1.165) is 16.8 Å². The Morgan fingerprint density at radius 1 is 1.13 bits per heavy atom. The van der Waals surface area contributed by atoms with Crippen LogP contribution in [0.15, 0.2) is 60.0 Å². The molecule has 2 N–H and O–H groups in total. The summed E-state index contributed by atoms with van der Waals surface area (Å²) in [6, 6.07) is 10.8. The second kappa shape index (κ2) is 7.48. The number of aryl methyl sites for hydroxylation is 1. The molecule has 4 heterocycles. The molecule has 0 radical (unpaired) electrons. The zero-order valence-corrected chi connectivity index (χ0v) is 17.6. The van der Waals surface area contributed by atoms with Gasteiger partial charge in [-0.1, -0.05) is 23.7 Å². The molecule has 9 heteroatoms. The van der Waals surface area contributed by atoms with Gasteiger partial charge in [-0.3, -0.25) is 14.3 Å². The lowest BCUT2D eigenvalue weighted by molar-refractivity contribution is 0.769. The van der Waals surface area contributed by atoms with E-state index in [2.05, 4.69) is 30.2 Å². The Hall–Kier alpha value is -3.78. The van der Waals surface area contributed by atoms with Crippen molar-refractivity contribution in [3.8, 4) is 5.69 Å². The Balaban J connectivity index is 1.74. The molecule has 0 fully saturated rings. The second-order valence-electron chi connectivity index (χ2n) is 7.21. The highest BCUT2D eigenvalue weighted by atomic mass is 35.5. The van der Waals surface area contributed by atoms with Crippen molar-refractivity contribution >= 4 is 39.4 Å². The van der Waals surface area contributed by atoms with E-state index in [4.69, 9.17) is 11.6 Å². The highest BCUT2D eigenvalue weighted by molar-refractivity contribution is 6.35. The Morgan fingerprint density at radius 3 is 2.84 bits per heavy atom. The summed E-state index contributed by atoms with van der Waals surface area (Å²) in [5.41, 5.74) is 3.25. The number of imidazole rings is 1. The molecule has 0 aliphatic heterocycles. The predicted molar refractivity (Wildman–Crippen MR) is 121 cm³/mol. The number of hydrogen-bond acceptors (Lipinski definition) is 6. The molecule has 1 atom stereocenters.